The molecule has 3 unspecified atom stereocenters. The first-order valence-corrected chi connectivity index (χ1v) is 16.8. The van der Waals surface area contributed by atoms with Gasteiger partial charge in [0.2, 0.25) is 18.6 Å². The summed E-state index contributed by atoms with van der Waals surface area (Å²) in [5.41, 5.74) is 1.53. The van der Waals surface area contributed by atoms with Crippen LogP contribution in [-0.2, 0) is 16.1 Å². The minimum Gasteiger partial charge on any atom is -0.493 e. The molecule has 0 radical (unpaired) electrons. The van der Waals surface area contributed by atoms with Gasteiger partial charge in [0.15, 0.2) is 23.0 Å². The second-order valence-corrected chi connectivity index (χ2v) is 13.7. The lowest BCUT2D eigenvalue weighted by Crippen LogP contribution is -2.55. The molecule has 246 valence electrons. The van der Waals surface area contributed by atoms with Crippen molar-refractivity contribution in [2.45, 2.75) is 63.3 Å². The van der Waals surface area contributed by atoms with Crippen LogP contribution in [0.1, 0.15) is 54.4 Å². The number of carbonyl (C=O) groups excluding carboxylic acids is 3. The maximum Gasteiger partial charge on any atom is 0.247 e. The number of nitrogens with zero attached hydrogens (tertiary/aromatic N) is 1. The summed E-state index contributed by atoms with van der Waals surface area (Å²) >= 11 is 2.03. The Morgan fingerprint density at radius 1 is 1.15 bits per heavy atom. The zero-order valence-corrected chi connectivity index (χ0v) is 27.8. The summed E-state index contributed by atoms with van der Waals surface area (Å²) in [4.78, 5) is 40.8. The van der Waals surface area contributed by atoms with Gasteiger partial charge in [-0.25, -0.2) is 0 Å². The zero-order chi connectivity index (χ0) is 32.4. The largest absolute Gasteiger partial charge is 0.493 e. The number of ether oxygens (including phenoxy) is 4. The number of fused-ring (bicyclic) bond motifs is 3. The highest BCUT2D eigenvalue weighted by Crippen LogP contribution is 2.50. The maximum atomic E-state index is 14.3. The van der Waals surface area contributed by atoms with Crippen LogP contribution in [0.25, 0.3) is 0 Å². The molecule has 0 spiro atoms. The molecule has 1 heterocycles. The van der Waals surface area contributed by atoms with Crippen molar-refractivity contribution in [3.05, 3.63) is 56.7 Å². The highest BCUT2D eigenvalue weighted by atomic mass is 127. The topological polar surface area (TPSA) is 144 Å². The van der Waals surface area contributed by atoms with Crippen LogP contribution in [0.4, 0.5) is 0 Å². The minimum absolute atomic E-state index is 0.0534. The number of benzene rings is 2. The van der Waals surface area contributed by atoms with Crippen LogP contribution < -0.4 is 24.3 Å². The number of halogens is 1. The summed E-state index contributed by atoms with van der Waals surface area (Å²) in [5, 5.41) is 24.0. The fraction of sp³-hybridized carbons (Fsp3) is 0.500. The molecule has 1 aliphatic heterocycles. The number of nitrogens with one attached hydrogen (secondary N) is 1. The third-order valence-electron chi connectivity index (χ3n) is 9.69. The monoisotopic (exact) mass is 746 g/mol. The molecule has 6 atom stereocenters. The average Bonchev–Trinajstić information content (AvgIpc) is 3.82. The molecule has 4 aliphatic rings. The molecule has 0 aromatic heterocycles. The van der Waals surface area contributed by atoms with Crippen molar-refractivity contribution < 1.29 is 43.5 Å². The Kier molecular flexibility index (Phi) is 10.0. The second-order valence-electron chi connectivity index (χ2n) is 12.5. The lowest BCUT2D eigenvalue weighted by Gasteiger charge is -2.41. The first kappa shape index (κ1) is 32.6. The summed E-state index contributed by atoms with van der Waals surface area (Å²) in [7, 11) is 1.46. The van der Waals surface area contributed by atoms with Crippen LogP contribution in [0, 0.1) is 21.3 Å². The smallest absolute Gasteiger partial charge is 0.247 e. The summed E-state index contributed by atoms with van der Waals surface area (Å²) in [6.45, 7) is 0.129. The molecule has 6 rings (SSSR count). The van der Waals surface area contributed by atoms with E-state index in [1.165, 1.54) is 20.0 Å². The number of aliphatic hydroxyl groups excluding tert-OH is 2. The second kappa shape index (κ2) is 14.2. The number of methoxy groups -OCH3 is 1. The van der Waals surface area contributed by atoms with Gasteiger partial charge in [0.25, 0.3) is 0 Å². The normalized spacial score (nSPS) is 26.0. The van der Waals surface area contributed by atoms with E-state index >= 15 is 0 Å². The molecule has 2 bridgehead atoms. The van der Waals surface area contributed by atoms with Crippen molar-refractivity contribution in [1.29, 1.82) is 0 Å². The summed E-state index contributed by atoms with van der Waals surface area (Å²) in [6, 6.07) is 7.91. The van der Waals surface area contributed by atoms with Crippen molar-refractivity contribution in [2.24, 2.45) is 17.8 Å². The van der Waals surface area contributed by atoms with E-state index < -0.39 is 24.2 Å². The van der Waals surface area contributed by atoms with Gasteiger partial charge in [0.05, 0.1) is 23.3 Å². The van der Waals surface area contributed by atoms with E-state index in [9.17, 15) is 24.6 Å². The minimum atomic E-state index is -1.21. The first-order valence-electron chi connectivity index (χ1n) is 15.7. The number of aliphatic hydroxyl groups is 2. The fourth-order valence-electron chi connectivity index (χ4n) is 7.43. The van der Waals surface area contributed by atoms with Gasteiger partial charge in [-0.1, -0.05) is 12.5 Å². The zero-order valence-electron chi connectivity index (χ0n) is 25.7. The molecule has 11 nitrogen and oxygen atoms in total. The van der Waals surface area contributed by atoms with Gasteiger partial charge >= 0.3 is 0 Å². The number of carbonyl (C=O) groups is 3. The lowest BCUT2D eigenvalue weighted by molar-refractivity contribution is -0.141. The van der Waals surface area contributed by atoms with Crippen LogP contribution in [0.5, 0.6) is 23.0 Å². The molecule has 12 heteroatoms. The van der Waals surface area contributed by atoms with Crippen molar-refractivity contribution >= 4 is 40.7 Å². The fourth-order valence-corrected chi connectivity index (χ4v) is 8.18. The molecule has 2 saturated carbocycles. The van der Waals surface area contributed by atoms with Gasteiger partial charge in [-0.3, -0.25) is 14.4 Å². The van der Waals surface area contributed by atoms with Gasteiger partial charge in [-0.2, -0.15) is 0 Å². The molecule has 2 aromatic carbocycles. The SMILES string of the molecule is COc1cc(C=O)cc(I)c1O[C@H]1C=C(C(=O)NCCO)C[C@@H](N(Cc2ccc3c(c2)OCO3)C(=O)CC2CC3CCC2C3)[C@@H]1O. The molecule has 2 aromatic rings. The van der Waals surface area contributed by atoms with Crippen LogP contribution >= 0.6 is 22.6 Å². The van der Waals surface area contributed by atoms with Gasteiger partial charge < -0.3 is 39.4 Å². The van der Waals surface area contributed by atoms with Crippen molar-refractivity contribution in [3.8, 4) is 23.0 Å². The maximum absolute atomic E-state index is 14.3. The quantitative estimate of drug-likeness (QED) is 0.219. The summed E-state index contributed by atoms with van der Waals surface area (Å²) < 4.78 is 23.5. The highest BCUT2D eigenvalue weighted by molar-refractivity contribution is 14.1. The van der Waals surface area contributed by atoms with Crippen molar-refractivity contribution in [2.75, 3.05) is 27.1 Å². The van der Waals surface area contributed by atoms with Gasteiger partial charge in [0.1, 0.15) is 18.5 Å². The predicted octanol–water partition coefficient (Wildman–Crippen LogP) is 3.61. The Hall–Kier alpha value is -3.36. The van der Waals surface area contributed by atoms with E-state index in [0.717, 1.165) is 18.4 Å². The van der Waals surface area contributed by atoms with Crippen LogP contribution in [0.15, 0.2) is 42.0 Å². The van der Waals surface area contributed by atoms with E-state index in [-0.39, 0.29) is 38.8 Å². The number of hydrogen-bond acceptors (Lipinski definition) is 9. The Labute approximate surface area is 281 Å². The number of hydrogen-bond donors (Lipinski definition) is 3. The Bertz CT molecular complexity index is 1510. The number of amides is 2. The molecule has 3 aliphatic carbocycles. The Balaban J connectivity index is 1.34. The summed E-state index contributed by atoms with van der Waals surface area (Å²) in [5.74, 6) is 2.83. The lowest BCUT2D eigenvalue weighted by atomic mass is 9.84. The molecular formula is C34H39IN2O9. The molecule has 3 N–H and O–H groups in total. The molecule has 0 saturated heterocycles. The van der Waals surface area contributed by atoms with Crippen LogP contribution in [-0.4, -0.2) is 78.5 Å². The number of aldehydes is 1. The standard InChI is InChI=1S/C34H39IN2O9/c1-43-30-12-21(17-39)10-25(35)33(30)46-29-14-24(34(42)36-6-7-38)13-26(32(29)41)37(16-20-3-5-27-28(11-20)45-18-44-27)31(40)15-23-9-19-2-4-22(23)8-19/h3,5,10-12,14,17,19,22-23,26,29,32,38,41H,2,4,6-9,13,15-16,18H2,1H3,(H,36,42)/t19?,22?,23?,26-,29+,32+/m1/s1. The van der Waals surface area contributed by atoms with Crippen molar-refractivity contribution in [3.63, 3.8) is 0 Å². The third kappa shape index (κ3) is 6.84. The van der Waals surface area contributed by atoms with E-state index in [1.807, 2.05) is 40.8 Å². The third-order valence-corrected chi connectivity index (χ3v) is 10.5. The van der Waals surface area contributed by atoms with E-state index in [0.29, 0.717) is 68.2 Å². The molecular weight excluding hydrogens is 707 g/mol. The molecule has 46 heavy (non-hydrogen) atoms. The van der Waals surface area contributed by atoms with E-state index in [4.69, 9.17) is 18.9 Å². The molecule has 2 amide bonds. The Morgan fingerprint density at radius 3 is 2.70 bits per heavy atom. The predicted molar refractivity (Wildman–Crippen MR) is 175 cm³/mol. The van der Waals surface area contributed by atoms with Crippen molar-refractivity contribution in [1.82, 2.24) is 10.2 Å². The molecule has 2 fully saturated rings. The van der Waals surface area contributed by atoms with Gasteiger partial charge in [0, 0.05) is 37.1 Å². The first-order chi connectivity index (χ1) is 22.3. The van der Waals surface area contributed by atoms with Crippen LogP contribution in [0.3, 0.4) is 0 Å². The van der Waals surface area contributed by atoms with Crippen LogP contribution in [0.2, 0.25) is 0 Å². The van der Waals surface area contributed by atoms with Gasteiger partial charge in [-0.05, 0) is 95.5 Å². The highest BCUT2D eigenvalue weighted by Gasteiger charge is 2.44. The average molecular weight is 747 g/mol. The van der Waals surface area contributed by atoms with Gasteiger partial charge in [-0.15, -0.1) is 0 Å². The summed E-state index contributed by atoms with van der Waals surface area (Å²) in [6.07, 6.45) is 5.07. The number of rotatable bonds is 12. The van der Waals surface area contributed by atoms with E-state index in [2.05, 4.69) is 5.32 Å². The van der Waals surface area contributed by atoms with E-state index in [1.54, 1.807) is 23.1 Å². The Morgan fingerprint density at radius 2 is 1.98 bits per heavy atom.